The molecule has 2 rings (SSSR count). The van der Waals surface area contributed by atoms with Crippen molar-refractivity contribution >= 4 is 38.0 Å². The fraction of sp³-hybridized carbons (Fsp3) is 0.286. The third-order valence-electron chi connectivity index (χ3n) is 2.98. The Morgan fingerprint density at radius 1 is 1.48 bits per heavy atom. The van der Waals surface area contributed by atoms with E-state index in [9.17, 15) is 15.2 Å². The molecule has 1 unspecified atom stereocenters. The summed E-state index contributed by atoms with van der Waals surface area (Å²) in [5.74, 6) is 0. The maximum atomic E-state index is 11.2. The van der Waals surface area contributed by atoms with Crippen LogP contribution in [0.1, 0.15) is 23.5 Å². The summed E-state index contributed by atoms with van der Waals surface area (Å²) in [5.41, 5.74) is 1.08. The van der Waals surface area contributed by atoms with Gasteiger partial charge in [0, 0.05) is 29.0 Å². The molecule has 2 aromatic rings. The first-order chi connectivity index (χ1) is 9.88. The number of aliphatic hydroxyl groups is 1. The van der Waals surface area contributed by atoms with Crippen molar-refractivity contribution in [3.63, 3.8) is 0 Å². The van der Waals surface area contributed by atoms with Crippen LogP contribution in [-0.4, -0.2) is 17.1 Å². The molecule has 1 heterocycles. The number of aliphatic hydroxyl groups excluding tert-OH is 1. The topological polar surface area (TPSA) is 66.6 Å². The van der Waals surface area contributed by atoms with Crippen molar-refractivity contribution in [2.75, 3.05) is 11.9 Å². The van der Waals surface area contributed by atoms with Crippen LogP contribution in [0, 0.1) is 10.1 Å². The van der Waals surface area contributed by atoms with E-state index in [-0.39, 0.29) is 5.69 Å². The first-order valence-corrected chi connectivity index (χ1v) is 7.91. The van der Waals surface area contributed by atoms with Crippen LogP contribution < -0.4 is 4.90 Å². The second-order valence-corrected chi connectivity index (χ2v) is 6.74. The minimum Gasteiger partial charge on any atom is -0.388 e. The van der Waals surface area contributed by atoms with Gasteiger partial charge in [0.15, 0.2) is 5.00 Å². The van der Waals surface area contributed by atoms with Gasteiger partial charge in [-0.25, -0.2) is 0 Å². The number of halogens is 1. The van der Waals surface area contributed by atoms with E-state index in [1.807, 2.05) is 36.2 Å². The molecule has 0 radical (unpaired) electrons. The summed E-state index contributed by atoms with van der Waals surface area (Å²) in [7, 11) is 1.81. The Labute approximate surface area is 135 Å². The van der Waals surface area contributed by atoms with E-state index in [2.05, 4.69) is 15.9 Å². The Hall–Kier alpha value is -1.44. The van der Waals surface area contributed by atoms with Crippen LogP contribution in [0.3, 0.4) is 0 Å². The van der Waals surface area contributed by atoms with E-state index in [1.165, 1.54) is 17.4 Å². The minimum absolute atomic E-state index is 0.0356. The highest BCUT2D eigenvalue weighted by atomic mass is 79.9. The summed E-state index contributed by atoms with van der Waals surface area (Å²) in [4.78, 5) is 13.2. The largest absolute Gasteiger partial charge is 0.388 e. The third-order valence-corrected chi connectivity index (χ3v) is 4.88. The van der Waals surface area contributed by atoms with Gasteiger partial charge in [0.05, 0.1) is 11.0 Å². The first kappa shape index (κ1) is 15.9. The van der Waals surface area contributed by atoms with Gasteiger partial charge in [0.25, 0.3) is 0 Å². The highest BCUT2D eigenvalue weighted by molar-refractivity contribution is 9.10. The van der Waals surface area contributed by atoms with Gasteiger partial charge >= 0.3 is 5.69 Å². The van der Waals surface area contributed by atoms with Crippen LogP contribution in [-0.2, 0) is 6.54 Å². The predicted molar refractivity (Wildman–Crippen MR) is 87.9 cm³/mol. The average Bonchev–Trinajstić information content (AvgIpc) is 2.84. The molecule has 0 aliphatic rings. The summed E-state index contributed by atoms with van der Waals surface area (Å²) < 4.78 is 0.971. The van der Waals surface area contributed by atoms with Gasteiger partial charge in [-0.3, -0.25) is 10.1 Å². The Morgan fingerprint density at radius 2 is 2.19 bits per heavy atom. The maximum absolute atomic E-state index is 11.2. The molecule has 1 atom stereocenters. The lowest BCUT2D eigenvalue weighted by Gasteiger charge is -2.17. The summed E-state index contributed by atoms with van der Waals surface area (Å²) >= 11 is 4.66. The summed E-state index contributed by atoms with van der Waals surface area (Å²) in [6.07, 6.45) is -0.707. The third kappa shape index (κ3) is 3.81. The molecule has 1 N–H and O–H groups in total. The molecule has 1 aromatic carbocycles. The van der Waals surface area contributed by atoms with Crippen molar-refractivity contribution in [3.05, 3.63) is 55.4 Å². The average molecular weight is 371 g/mol. The fourth-order valence-electron chi connectivity index (χ4n) is 1.98. The van der Waals surface area contributed by atoms with Gasteiger partial charge in [0.1, 0.15) is 0 Å². The van der Waals surface area contributed by atoms with Crippen LogP contribution in [0.25, 0.3) is 0 Å². The Bertz CT molecular complexity index is 657. The molecule has 0 spiro atoms. The van der Waals surface area contributed by atoms with E-state index in [0.29, 0.717) is 16.4 Å². The number of rotatable bonds is 5. The number of thiophene rings is 1. The molecule has 0 aliphatic heterocycles. The lowest BCUT2D eigenvalue weighted by atomic mass is 10.2. The van der Waals surface area contributed by atoms with Crippen LogP contribution >= 0.6 is 27.3 Å². The Kier molecular flexibility index (Phi) is 4.97. The van der Waals surface area contributed by atoms with Gasteiger partial charge in [-0.2, -0.15) is 0 Å². The van der Waals surface area contributed by atoms with Gasteiger partial charge in [-0.05, 0) is 24.6 Å². The molecular weight excluding hydrogens is 356 g/mol. The number of hydrogen-bond donors (Lipinski definition) is 1. The first-order valence-electron chi connectivity index (χ1n) is 6.30. The van der Waals surface area contributed by atoms with Gasteiger partial charge in [0.2, 0.25) is 0 Å². The normalized spacial score (nSPS) is 12.2. The molecule has 1 aromatic heterocycles. The van der Waals surface area contributed by atoms with Gasteiger partial charge < -0.3 is 10.0 Å². The molecule has 112 valence electrons. The maximum Gasteiger partial charge on any atom is 0.304 e. The van der Waals surface area contributed by atoms with Crippen molar-refractivity contribution in [2.45, 2.75) is 19.6 Å². The second kappa shape index (κ2) is 6.55. The standard InChI is InChI=1S/C14H15BrN2O3S/c1-9(18)13-7-12(17(19)20)14(21-13)16(2)8-10-4-3-5-11(15)6-10/h3-7,9,18H,8H2,1-2H3. The van der Waals surface area contributed by atoms with Crippen molar-refractivity contribution in [3.8, 4) is 0 Å². The smallest absolute Gasteiger partial charge is 0.304 e. The Morgan fingerprint density at radius 3 is 2.76 bits per heavy atom. The number of anilines is 1. The molecular formula is C14H15BrN2O3S. The van der Waals surface area contributed by atoms with E-state index in [1.54, 1.807) is 6.92 Å². The van der Waals surface area contributed by atoms with E-state index < -0.39 is 11.0 Å². The number of hydrogen-bond acceptors (Lipinski definition) is 5. The molecule has 7 heteroatoms. The van der Waals surface area contributed by atoms with Crippen LogP contribution in [0.5, 0.6) is 0 Å². The minimum atomic E-state index is -0.707. The zero-order valence-corrected chi connectivity index (χ0v) is 14.0. The van der Waals surface area contributed by atoms with Crippen molar-refractivity contribution < 1.29 is 10.0 Å². The molecule has 0 aliphatic carbocycles. The van der Waals surface area contributed by atoms with Gasteiger partial charge in [-0.15, -0.1) is 11.3 Å². The summed E-state index contributed by atoms with van der Waals surface area (Å²) in [6, 6.07) is 9.25. The molecule has 5 nitrogen and oxygen atoms in total. The predicted octanol–water partition coefficient (Wildman–Crippen LogP) is 4.11. The van der Waals surface area contributed by atoms with Crippen LogP contribution in [0.2, 0.25) is 0 Å². The molecule has 0 fully saturated rings. The molecule has 0 bridgehead atoms. The monoisotopic (exact) mass is 370 g/mol. The van der Waals surface area contributed by atoms with E-state index in [0.717, 1.165) is 10.0 Å². The van der Waals surface area contributed by atoms with E-state index >= 15 is 0 Å². The summed E-state index contributed by atoms with van der Waals surface area (Å²) in [6.45, 7) is 2.16. The number of nitro groups is 1. The van der Waals surface area contributed by atoms with Crippen molar-refractivity contribution in [1.82, 2.24) is 0 Å². The van der Waals surface area contributed by atoms with Crippen LogP contribution in [0.4, 0.5) is 10.7 Å². The molecule has 0 saturated carbocycles. The lowest BCUT2D eigenvalue weighted by Crippen LogP contribution is -2.16. The molecule has 0 saturated heterocycles. The number of nitrogens with zero attached hydrogens (tertiary/aromatic N) is 2. The number of benzene rings is 1. The second-order valence-electron chi connectivity index (χ2n) is 4.76. The van der Waals surface area contributed by atoms with Crippen LogP contribution in [0.15, 0.2) is 34.8 Å². The zero-order chi connectivity index (χ0) is 15.6. The lowest BCUT2D eigenvalue weighted by molar-refractivity contribution is -0.383. The fourth-order valence-corrected chi connectivity index (χ4v) is 3.45. The Balaban J connectivity index is 2.29. The summed E-state index contributed by atoms with van der Waals surface area (Å²) in [5, 5.41) is 21.3. The quantitative estimate of drug-likeness (QED) is 0.635. The van der Waals surface area contributed by atoms with Crippen molar-refractivity contribution in [1.29, 1.82) is 0 Å². The highest BCUT2D eigenvalue weighted by Gasteiger charge is 2.23. The zero-order valence-electron chi connectivity index (χ0n) is 11.6. The SMILES string of the molecule is CC(O)c1cc([N+](=O)[O-])c(N(C)Cc2cccc(Br)c2)s1. The molecule has 0 amide bonds. The highest BCUT2D eigenvalue weighted by Crippen LogP contribution is 2.40. The molecule has 21 heavy (non-hydrogen) atoms. The van der Waals surface area contributed by atoms with E-state index in [4.69, 9.17) is 0 Å². The van der Waals surface area contributed by atoms with Gasteiger partial charge in [-0.1, -0.05) is 28.1 Å². The van der Waals surface area contributed by atoms with Crippen molar-refractivity contribution in [2.24, 2.45) is 0 Å².